The van der Waals surface area contributed by atoms with Crippen LogP contribution in [-0.4, -0.2) is 94.5 Å². The number of carbonyl (C=O) groups is 7. The van der Waals surface area contributed by atoms with Crippen LogP contribution in [0.5, 0.6) is 0 Å². The molecule has 0 aliphatic carbocycles. The molecule has 5 amide bonds. The summed E-state index contributed by atoms with van der Waals surface area (Å²) >= 11 is 0. The largest absolute Gasteiger partial charge is 0.380 e. The highest BCUT2D eigenvalue weighted by molar-refractivity contribution is 5.79. The molecule has 0 unspecified atom stereocenters. The molecular weight excluding hydrogens is 630 g/mol. The van der Waals surface area contributed by atoms with Crippen LogP contribution in [0.15, 0.2) is 0 Å². The van der Waals surface area contributed by atoms with E-state index < -0.39 is 29.1 Å². The molecule has 0 heterocycles. The Kier molecular flexibility index (Phi) is 27.3. The molecule has 0 fully saturated rings. The van der Waals surface area contributed by atoms with Crippen LogP contribution in [0.4, 0.5) is 0 Å². The summed E-state index contributed by atoms with van der Waals surface area (Å²) in [7, 11) is 0. The highest BCUT2D eigenvalue weighted by Gasteiger charge is 2.26. The Morgan fingerprint density at radius 3 is 1.67 bits per heavy atom. The monoisotopic (exact) mass is 687 g/mol. The fraction of sp³-hybridized carbons (Fsp3) is 0.781. The maximum absolute atomic E-state index is 12.2. The smallest absolute Gasteiger partial charge is 0.332 e. The minimum atomic E-state index is -0.621. The Bertz CT molecular complexity index is 943. The number of hydroxylamine groups is 1. The number of nitrogens with one attached hydrogen (secondary N) is 3. The van der Waals surface area contributed by atoms with Gasteiger partial charge >= 0.3 is 5.97 Å². The van der Waals surface area contributed by atoms with E-state index in [0.717, 1.165) is 51.4 Å². The summed E-state index contributed by atoms with van der Waals surface area (Å²) in [5.41, 5.74) is 11.7. The number of rotatable bonds is 32. The van der Waals surface area contributed by atoms with Crippen molar-refractivity contribution in [3.63, 3.8) is 0 Å². The SMILES string of the molecule is CC(COCCC(N)=O)(COCCC(N)=O)COCC(=O)NCCCCCCC(=O)NCCCCCCCC(=O)ONC(=O)CCC=O. The van der Waals surface area contributed by atoms with Crippen LogP contribution in [0.2, 0.25) is 0 Å². The first-order chi connectivity index (χ1) is 23.0. The highest BCUT2D eigenvalue weighted by Crippen LogP contribution is 2.19. The van der Waals surface area contributed by atoms with Gasteiger partial charge in [-0.3, -0.25) is 24.0 Å². The van der Waals surface area contributed by atoms with Crippen molar-refractivity contribution in [2.24, 2.45) is 16.9 Å². The summed E-state index contributed by atoms with van der Waals surface area (Å²) in [6.45, 7) is 3.68. The van der Waals surface area contributed by atoms with E-state index in [1.54, 1.807) is 0 Å². The quantitative estimate of drug-likeness (QED) is 0.0377. The second-order valence-corrected chi connectivity index (χ2v) is 11.9. The fourth-order valence-corrected chi connectivity index (χ4v) is 4.19. The predicted octanol–water partition coefficient (Wildman–Crippen LogP) is 0.870. The van der Waals surface area contributed by atoms with Crippen molar-refractivity contribution in [3.8, 4) is 0 Å². The lowest BCUT2D eigenvalue weighted by Gasteiger charge is -2.29. The average molecular weight is 688 g/mol. The molecule has 0 aromatic carbocycles. The summed E-state index contributed by atoms with van der Waals surface area (Å²) in [6.07, 6.45) is 8.94. The van der Waals surface area contributed by atoms with Gasteiger partial charge in [-0.15, -0.1) is 0 Å². The van der Waals surface area contributed by atoms with E-state index >= 15 is 0 Å². The molecule has 0 saturated carbocycles. The molecule has 276 valence electrons. The van der Waals surface area contributed by atoms with Gasteiger partial charge in [-0.25, -0.2) is 4.79 Å². The minimum Gasteiger partial charge on any atom is -0.380 e. The summed E-state index contributed by atoms with van der Waals surface area (Å²) in [4.78, 5) is 83.8. The number of hydrogen-bond donors (Lipinski definition) is 5. The Labute approximate surface area is 283 Å². The van der Waals surface area contributed by atoms with E-state index in [-0.39, 0.29) is 83.6 Å². The van der Waals surface area contributed by atoms with Gasteiger partial charge in [0.1, 0.15) is 12.9 Å². The Hall–Kier alpha value is -3.63. The number of ether oxygens (including phenoxy) is 3. The van der Waals surface area contributed by atoms with Crippen molar-refractivity contribution in [3.05, 3.63) is 0 Å². The van der Waals surface area contributed by atoms with E-state index in [0.29, 0.717) is 32.2 Å². The van der Waals surface area contributed by atoms with Crippen molar-refractivity contribution >= 4 is 41.8 Å². The lowest BCUT2D eigenvalue weighted by atomic mass is 9.94. The molecule has 48 heavy (non-hydrogen) atoms. The molecule has 0 aromatic rings. The molecular formula is C32H57N5O11. The van der Waals surface area contributed by atoms with E-state index in [1.165, 1.54) is 0 Å². The third-order valence-corrected chi connectivity index (χ3v) is 6.87. The molecule has 0 aliphatic heterocycles. The Morgan fingerprint density at radius 2 is 1.10 bits per heavy atom. The van der Waals surface area contributed by atoms with Crippen molar-refractivity contribution in [2.75, 3.05) is 52.7 Å². The molecule has 7 N–H and O–H groups in total. The van der Waals surface area contributed by atoms with Gasteiger partial charge in [0.2, 0.25) is 23.6 Å². The molecule has 0 saturated heterocycles. The van der Waals surface area contributed by atoms with Crippen LogP contribution in [-0.2, 0) is 52.6 Å². The maximum atomic E-state index is 12.2. The van der Waals surface area contributed by atoms with Gasteiger partial charge in [0.25, 0.3) is 5.91 Å². The Balaban J connectivity index is 3.82. The second kappa shape index (κ2) is 29.5. The van der Waals surface area contributed by atoms with Gasteiger partial charge in [0.05, 0.1) is 33.0 Å². The molecule has 0 bridgehead atoms. The van der Waals surface area contributed by atoms with E-state index in [4.69, 9.17) is 25.7 Å². The number of carbonyl (C=O) groups excluding carboxylic acids is 7. The Morgan fingerprint density at radius 1 is 0.604 bits per heavy atom. The number of unbranched alkanes of at least 4 members (excludes halogenated alkanes) is 7. The lowest BCUT2D eigenvalue weighted by molar-refractivity contribution is -0.158. The maximum Gasteiger partial charge on any atom is 0.332 e. The van der Waals surface area contributed by atoms with Crippen molar-refractivity contribution in [1.82, 2.24) is 16.1 Å². The molecule has 16 heteroatoms. The van der Waals surface area contributed by atoms with Gasteiger partial charge < -0.3 is 45.9 Å². The third-order valence-electron chi connectivity index (χ3n) is 6.87. The molecule has 16 nitrogen and oxygen atoms in total. The normalized spacial score (nSPS) is 11.0. The van der Waals surface area contributed by atoms with Crippen LogP contribution in [0.1, 0.15) is 103 Å². The average Bonchev–Trinajstić information content (AvgIpc) is 3.03. The molecule has 0 aliphatic rings. The molecule has 0 atom stereocenters. The van der Waals surface area contributed by atoms with Crippen LogP contribution in [0, 0.1) is 5.41 Å². The standard InChI is InChI=1S/C32H57N5O11/c1-32(23-45-20-15-26(33)39,24-46-21-16-27(34)40)25-47-22-30(43)36-18-10-6-4-7-12-28(41)35-17-9-5-2-3-8-14-31(44)48-37-29(42)13-11-19-38/h19H,2-18,20-25H2,1H3,(H2,33,39)(H2,34,40)(H,35,41)(H,36,43)(H,37,42). The number of primary amides is 2. The second-order valence-electron chi connectivity index (χ2n) is 11.9. The van der Waals surface area contributed by atoms with Crippen LogP contribution < -0.4 is 27.6 Å². The van der Waals surface area contributed by atoms with Crippen LogP contribution in [0.3, 0.4) is 0 Å². The van der Waals surface area contributed by atoms with E-state index in [2.05, 4.69) is 15.5 Å². The van der Waals surface area contributed by atoms with Crippen LogP contribution in [0.25, 0.3) is 0 Å². The molecule has 0 radical (unpaired) electrons. The summed E-state index contributed by atoms with van der Waals surface area (Å²) in [5, 5.41) is 5.73. The molecule has 0 spiro atoms. The van der Waals surface area contributed by atoms with Crippen molar-refractivity contribution in [2.45, 2.75) is 103 Å². The molecule has 0 rings (SSSR count). The lowest BCUT2D eigenvalue weighted by Crippen LogP contribution is -2.37. The zero-order valence-electron chi connectivity index (χ0n) is 28.5. The summed E-state index contributed by atoms with van der Waals surface area (Å²) in [5.74, 6) is -2.21. The number of amides is 5. The van der Waals surface area contributed by atoms with Gasteiger partial charge in [0.15, 0.2) is 0 Å². The zero-order chi connectivity index (χ0) is 35.9. The van der Waals surface area contributed by atoms with Crippen molar-refractivity contribution in [1.29, 1.82) is 0 Å². The third kappa shape index (κ3) is 29.8. The van der Waals surface area contributed by atoms with E-state index in [9.17, 15) is 33.6 Å². The van der Waals surface area contributed by atoms with Gasteiger partial charge in [0, 0.05) is 57.0 Å². The van der Waals surface area contributed by atoms with Crippen LogP contribution >= 0.6 is 0 Å². The predicted molar refractivity (Wildman–Crippen MR) is 175 cm³/mol. The minimum absolute atomic E-state index is 0.0157. The topological polar surface area (TPSA) is 245 Å². The molecule has 0 aromatic heterocycles. The zero-order valence-corrected chi connectivity index (χ0v) is 28.5. The number of hydrogen-bond acceptors (Lipinski definition) is 11. The number of nitrogens with two attached hydrogens (primary N) is 2. The summed E-state index contributed by atoms with van der Waals surface area (Å²) in [6, 6.07) is 0. The first-order valence-corrected chi connectivity index (χ1v) is 16.7. The first-order valence-electron chi connectivity index (χ1n) is 16.7. The van der Waals surface area contributed by atoms with Gasteiger partial charge in [-0.1, -0.05) is 39.0 Å². The van der Waals surface area contributed by atoms with Crippen molar-refractivity contribution < 1.29 is 52.6 Å². The number of aldehydes is 1. The van der Waals surface area contributed by atoms with E-state index in [1.807, 2.05) is 12.4 Å². The van der Waals surface area contributed by atoms with Gasteiger partial charge in [-0.05, 0) is 25.7 Å². The van der Waals surface area contributed by atoms with Gasteiger partial charge in [-0.2, -0.15) is 5.48 Å². The fourth-order valence-electron chi connectivity index (χ4n) is 4.19. The summed E-state index contributed by atoms with van der Waals surface area (Å²) < 4.78 is 16.7. The first kappa shape index (κ1) is 44.4. The highest BCUT2D eigenvalue weighted by atomic mass is 16.7.